The molecule has 0 aromatic heterocycles. The second-order valence-electron chi connectivity index (χ2n) is 4.98. The van der Waals surface area contributed by atoms with Gasteiger partial charge in [-0.2, -0.15) is 0 Å². The van der Waals surface area contributed by atoms with Crippen molar-refractivity contribution < 1.29 is 14.3 Å². The highest BCUT2D eigenvalue weighted by Crippen LogP contribution is 2.37. The maximum absolute atomic E-state index is 12.1. The van der Waals surface area contributed by atoms with Crippen molar-refractivity contribution in [2.45, 2.75) is 31.7 Å². The topological polar surface area (TPSA) is 58.6 Å². The minimum atomic E-state index is -0.322. The highest BCUT2D eigenvalue weighted by atomic mass is 16.5. The summed E-state index contributed by atoms with van der Waals surface area (Å²) in [6, 6.07) is 9.50. The normalized spacial score (nSPS) is 29.4. The van der Waals surface area contributed by atoms with E-state index in [-0.39, 0.29) is 30.1 Å². The lowest BCUT2D eigenvalue weighted by atomic mass is 10.1. The third-order valence-corrected chi connectivity index (χ3v) is 3.66. The number of amides is 2. The van der Waals surface area contributed by atoms with Crippen LogP contribution in [0, 0.1) is 0 Å². The van der Waals surface area contributed by atoms with Crippen LogP contribution in [0.4, 0.5) is 0 Å². The molecule has 2 aliphatic heterocycles. The lowest BCUT2D eigenvalue weighted by molar-refractivity contribution is -0.134. The van der Waals surface area contributed by atoms with Crippen LogP contribution in [0.5, 0.6) is 0 Å². The van der Waals surface area contributed by atoms with Crippen LogP contribution in [0.3, 0.4) is 0 Å². The van der Waals surface area contributed by atoms with Gasteiger partial charge in [-0.25, -0.2) is 0 Å². The summed E-state index contributed by atoms with van der Waals surface area (Å²) in [5.41, 5.74) is 0.974. The Morgan fingerprint density at radius 3 is 2.79 bits per heavy atom. The molecule has 5 nitrogen and oxygen atoms in total. The third-order valence-electron chi connectivity index (χ3n) is 3.66. The predicted octanol–water partition coefficient (Wildman–Crippen LogP) is 0.821. The average molecular weight is 260 g/mol. The highest BCUT2D eigenvalue weighted by molar-refractivity contribution is 5.82. The first-order valence-corrected chi connectivity index (χ1v) is 6.41. The van der Waals surface area contributed by atoms with Gasteiger partial charge < -0.3 is 15.0 Å². The summed E-state index contributed by atoms with van der Waals surface area (Å²) >= 11 is 0. The van der Waals surface area contributed by atoms with Gasteiger partial charge in [0.25, 0.3) is 0 Å². The summed E-state index contributed by atoms with van der Waals surface area (Å²) in [6.07, 6.45) is 0.0363. The van der Waals surface area contributed by atoms with Gasteiger partial charge >= 0.3 is 0 Å². The first-order chi connectivity index (χ1) is 9.16. The number of rotatable bonds is 2. The van der Waals surface area contributed by atoms with Crippen molar-refractivity contribution in [3.05, 3.63) is 35.9 Å². The second kappa shape index (κ2) is 4.66. The van der Waals surface area contributed by atoms with Crippen LogP contribution in [0.25, 0.3) is 0 Å². The first kappa shape index (κ1) is 12.2. The molecule has 0 bridgehead atoms. The van der Waals surface area contributed by atoms with Crippen molar-refractivity contribution in [2.24, 2.45) is 0 Å². The zero-order valence-electron chi connectivity index (χ0n) is 10.7. The molecule has 3 atom stereocenters. The Balaban J connectivity index is 1.83. The van der Waals surface area contributed by atoms with E-state index < -0.39 is 0 Å². The molecule has 100 valence electrons. The van der Waals surface area contributed by atoms with E-state index in [0.29, 0.717) is 13.0 Å². The van der Waals surface area contributed by atoms with Crippen LogP contribution in [0.2, 0.25) is 0 Å². The minimum Gasteiger partial charge on any atom is -0.352 e. The maximum Gasteiger partial charge on any atom is 0.227 e. The van der Waals surface area contributed by atoms with Crippen molar-refractivity contribution in [3.8, 4) is 0 Å². The first-order valence-electron chi connectivity index (χ1n) is 6.41. The lowest BCUT2D eigenvalue weighted by Crippen LogP contribution is -2.43. The summed E-state index contributed by atoms with van der Waals surface area (Å²) in [6.45, 7) is 1.94. The molecule has 2 amide bonds. The van der Waals surface area contributed by atoms with E-state index in [2.05, 4.69) is 5.32 Å². The molecule has 1 N–H and O–H groups in total. The maximum atomic E-state index is 12.1. The van der Waals surface area contributed by atoms with E-state index in [0.717, 1.165) is 5.56 Å². The van der Waals surface area contributed by atoms with Crippen LogP contribution >= 0.6 is 0 Å². The molecule has 0 saturated carbocycles. The molecule has 2 aliphatic rings. The van der Waals surface area contributed by atoms with Crippen molar-refractivity contribution in [1.29, 1.82) is 0 Å². The van der Waals surface area contributed by atoms with Crippen LogP contribution in [0.15, 0.2) is 30.3 Å². The fourth-order valence-corrected chi connectivity index (χ4v) is 2.86. The van der Waals surface area contributed by atoms with E-state index in [1.165, 1.54) is 6.92 Å². The summed E-state index contributed by atoms with van der Waals surface area (Å²) in [7, 11) is 0. The molecule has 5 heteroatoms. The molecule has 1 aromatic rings. The molecular formula is C14H16N2O3. The van der Waals surface area contributed by atoms with E-state index in [9.17, 15) is 9.59 Å². The molecule has 1 aromatic carbocycles. The van der Waals surface area contributed by atoms with Crippen LogP contribution in [-0.2, 0) is 14.3 Å². The van der Waals surface area contributed by atoms with Crippen molar-refractivity contribution >= 4 is 11.8 Å². The van der Waals surface area contributed by atoms with E-state index >= 15 is 0 Å². The Morgan fingerprint density at radius 1 is 1.37 bits per heavy atom. The summed E-state index contributed by atoms with van der Waals surface area (Å²) < 4.78 is 5.74. The van der Waals surface area contributed by atoms with Gasteiger partial charge in [0.15, 0.2) is 6.23 Å². The van der Waals surface area contributed by atoms with Crippen molar-refractivity contribution in [1.82, 2.24) is 10.2 Å². The van der Waals surface area contributed by atoms with Gasteiger partial charge in [0.05, 0.1) is 18.7 Å². The number of carbonyl (C=O) groups excluding carboxylic acids is 2. The fourth-order valence-electron chi connectivity index (χ4n) is 2.86. The Labute approximate surface area is 111 Å². The zero-order chi connectivity index (χ0) is 13.4. The largest absolute Gasteiger partial charge is 0.352 e. The van der Waals surface area contributed by atoms with E-state index in [1.807, 2.05) is 30.3 Å². The van der Waals surface area contributed by atoms with Crippen LogP contribution in [-0.4, -0.2) is 35.4 Å². The van der Waals surface area contributed by atoms with Crippen molar-refractivity contribution in [3.63, 3.8) is 0 Å². The van der Waals surface area contributed by atoms with Crippen molar-refractivity contribution in [2.75, 3.05) is 6.61 Å². The number of hydrogen-bond acceptors (Lipinski definition) is 3. The highest BCUT2D eigenvalue weighted by Gasteiger charge is 2.48. The Bertz CT molecular complexity index is 503. The number of ether oxygens (including phenoxy) is 1. The molecule has 19 heavy (non-hydrogen) atoms. The molecule has 2 saturated heterocycles. The van der Waals surface area contributed by atoms with E-state index in [4.69, 9.17) is 4.74 Å². The average Bonchev–Trinajstić information content (AvgIpc) is 2.93. The van der Waals surface area contributed by atoms with Gasteiger partial charge in [-0.3, -0.25) is 9.59 Å². The molecule has 0 unspecified atom stereocenters. The monoisotopic (exact) mass is 260 g/mol. The predicted molar refractivity (Wildman–Crippen MR) is 68.0 cm³/mol. The van der Waals surface area contributed by atoms with Crippen LogP contribution < -0.4 is 5.32 Å². The van der Waals surface area contributed by atoms with Gasteiger partial charge in [-0.05, 0) is 0 Å². The summed E-state index contributed by atoms with van der Waals surface area (Å²) in [5, 5.41) is 2.83. The Kier molecular flexibility index (Phi) is 2.98. The molecule has 3 rings (SSSR count). The Morgan fingerprint density at radius 2 is 2.11 bits per heavy atom. The number of nitrogens with zero attached hydrogens (tertiary/aromatic N) is 1. The number of nitrogens with one attached hydrogen (secondary N) is 1. The minimum absolute atomic E-state index is 0.0371. The van der Waals surface area contributed by atoms with Gasteiger partial charge in [-0.1, -0.05) is 30.3 Å². The molecule has 0 aliphatic carbocycles. The lowest BCUT2D eigenvalue weighted by Gasteiger charge is -2.23. The quantitative estimate of drug-likeness (QED) is 0.856. The Hall–Kier alpha value is -1.88. The van der Waals surface area contributed by atoms with Crippen LogP contribution in [0.1, 0.15) is 25.1 Å². The zero-order valence-corrected chi connectivity index (χ0v) is 10.7. The summed E-state index contributed by atoms with van der Waals surface area (Å²) in [4.78, 5) is 25.1. The number of carbonyl (C=O) groups is 2. The standard InChI is InChI=1S/C14H16N2O3/c1-9(17)15-11-7-13(18)16-12(11)8-19-14(16)10-5-3-2-4-6-10/h2-6,11-12,14H,7-8H2,1H3,(H,15,17)/t11-,12+,14+/m0/s1. The van der Waals surface area contributed by atoms with Gasteiger partial charge in [-0.15, -0.1) is 0 Å². The molecule has 2 fully saturated rings. The summed E-state index contributed by atoms with van der Waals surface area (Å²) in [5.74, 6) is -0.0714. The van der Waals surface area contributed by atoms with E-state index in [1.54, 1.807) is 4.90 Å². The van der Waals surface area contributed by atoms with Gasteiger partial charge in [0.2, 0.25) is 11.8 Å². The van der Waals surface area contributed by atoms with Gasteiger partial charge in [0, 0.05) is 18.9 Å². The third kappa shape index (κ3) is 2.10. The fraction of sp³-hybridized carbons (Fsp3) is 0.429. The number of hydrogen-bond donors (Lipinski definition) is 1. The van der Waals surface area contributed by atoms with Gasteiger partial charge in [0.1, 0.15) is 0 Å². The molecule has 0 radical (unpaired) electrons. The molecule has 0 spiro atoms. The number of fused-ring (bicyclic) bond motifs is 1. The second-order valence-corrected chi connectivity index (χ2v) is 4.98. The molecule has 2 heterocycles. The molecular weight excluding hydrogens is 244 g/mol. The number of benzene rings is 1. The smallest absolute Gasteiger partial charge is 0.227 e. The SMILES string of the molecule is CC(=O)N[C@H]1CC(=O)N2[C@@H](c3ccccc3)OC[C@H]12.